The number of aromatic nitrogens is 3. The van der Waals surface area contributed by atoms with Crippen molar-refractivity contribution in [2.75, 3.05) is 18.4 Å². The Kier molecular flexibility index (Phi) is 4.14. The molecule has 0 radical (unpaired) electrons. The molecule has 1 aliphatic heterocycles. The first-order chi connectivity index (χ1) is 11.0. The highest BCUT2D eigenvalue weighted by atomic mass is 16.2. The zero-order valence-electron chi connectivity index (χ0n) is 13.2. The average Bonchev–Trinajstić information content (AvgIpc) is 2.96. The van der Waals surface area contributed by atoms with Crippen LogP contribution in [0.3, 0.4) is 0 Å². The van der Waals surface area contributed by atoms with Crippen LogP contribution < -0.4 is 10.6 Å². The van der Waals surface area contributed by atoms with Crippen LogP contribution in [0.5, 0.6) is 0 Å². The quantitative estimate of drug-likeness (QED) is 0.777. The molecule has 1 saturated heterocycles. The van der Waals surface area contributed by atoms with Gasteiger partial charge in [0.1, 0.15) is 5.52 Å². The molecule has 0 unspecified atom stereocenters. The summed E-state index contributed by atoms with van der Waals surface area (Å²) in [5.41, 5.74) is 1.38. The fourth-order valence-corrected chi connectivity index (χ4v) is 2.86. The second-order valence-corrected chi connectivity index (χ2v) is 5.90. The first kappa shape index (κ1) is 15.3. The maximum absolute atomic E-state index is 12.1. The van der Waals surface area contributed by atoms with Gasteiger partial charge in [-0.15, -0.1) is 0 Å². The van der Waals surface area contributed by atoms with Crippen LogP contribution in [0.15, 0.2) is 18.5 Å². The number of amides is 3. The van der Waals surface area contributed by atoms with Gasteiger partial charge >= 0.3 is 6.03 Å². The summed E-state index contributed by atoms with van der Waals surface area (Å²) in [7, 11) is 0. The smallest absolute Gasteiger partial charge is 0.320 e. The fourth-order valence-electron chi connectivity index (χ4n) is 2.86. The van der Waals surface area contributed by atoms with E-state index in [9.17, 15) is 9.59 Å². The third kappa shape index (κ3) is 3.41. The largest absolute Gasteiger partial charge is 0.345 e. The maximum atomic E-state index is 12.1. The number of anilines is 1. The lowest BCUT2D eigenvalue weighted by Gasteiger charge is -2.36. The number of urea groups is 1. The highest BCUT2D eigenvalue weighted by Gasteiger charge is 2.28. The zero-order valence-corrected chi connectivity index (χ0v) is 13.2. The number of aromatic amines is 1. The van der Waals surface area contributed by atoms with Crippen molar-refractivity contribution >= 4 is 28.9 Å². The number of H-pyrrole nitrogens is 1. The van der Waals surface area contributed by atoms with Gasteiger partial charge in [0.2, 0.25) is 5.91 Å². The van der Waals surface area contributed by atoms with E-state index in [0.717, 1.165) is 6.42 Å². The molecule has 0 saturated carbocycles. The van der Waals surface area contributed by atoms with Gasteiger partial charge in [-0.3, -0.25) is 10.1 Å². The van der Waals surface area contributed by atoms with Crippen molar-refractivity contribution < 1.29 is 9.59 Å². The molecule has 0 spiro atoms. The minimum absolute atomic E-state index is 0.0366. The van der Waals surface area contributed by atoms with E-state index in [1.54, 1.807) is 19.2 Å². The molecule has 1 fully saturated rings. The SMILES string of the molecule is CC(=O)N1CC[C@H](NC(=O)Nc2cnc3[nH]ccc3n2)[C@H](C)C1. The van der Waals surface area contributed by atoms with Crippen molar-refractivity contribution in [1.29, 1.82) is 0 Å². The molecule has 0 bridgehead atoms. The van der Waals surface area contributed by atoms with Crippen molar-refractivity contribution in [1.82, 2.24) is 25.2 Å². The molecule has 23 heavy (non-hydrogen) atoms. The highest BCUT2D eigenvalue weighted by Crippen LogP contribution is 2.17. The van der Waals surface area contributed by atoms with Gasteiger partial charge in [0.05, 0.1) is 6.20 Å². The van der Waals surface area contributed by atoms with E-state index in [0.29, 0.717) is 30.1 Å². The molecular formula is C15H20N6O2. The van der Waals surface area contributed by atoms with Crippen molar-refractivity contribution in [2.45, 2.75) is 26.3 Å². The normalized spacial score (nSPS) is 21.2. The molecule has 122 valence electrons. The van der Waals surface area contributed by atoms with Gasteiger partial charge in [0.15, 0.2) is 11.5 Å². The van der Waals surface area contributed by atoms with Crippen LogP contribution in [0.1, 0.15) is 20.3 Å². The zero-order chi connectivity index (χ0) is 16.4. The lowest BCUT2D eigenvalue weighted by Crippen LogP contribution is -2.51. The summed E-state index contributed by atoms with van der Waals surface area (Å²) >= 11 is 0. The predicted molar refractivity (Wildman–Crippen MR) is 85.9 cm³/mol. The number of hydrogen-bond acceptors (Lipinski definition) is 4. The van der Waals surface area contributed by atoms with E-state index in [2.05, 4.69) is 25.6 Å². The summed E-state index contributed by atoms with van der Waals surface area (Å²) in [6, 6.07) is 1.53. The van der Waals surface area contributed by atoms with Crippen LogP contribution in [0.25, 0.3) is 11.2 Å². The molecule has 3 rings (SSSR count). The minimum atomic E-state index is -0.303. The fraction of sp³-hybridized carbons (Fsp3) is 0.467. The average molecular weight is 316 g/mol. The lowest BCUT2D eigenvalue weighted by molar-refractivity contribution is -0.130. The Hall–Kier alpha value is -2.64. The van der Waals surface area contributed by atoms with Crippen molar-refractivity contribution in [3.05, 3.63) is 18.5 Å². The number of nitrogens with zero attached hydrogens (tertiary/aromatic N) is 3. The number of hydrogen-bond donors (Lipinski definition) is 3. The Bertz CT molecular complexity index is 728. The number of carbonyl (C=O) groups excluding carboxylic acids is 2. The molecule has 8 heteroatoms. The number of piperidine rings is 1. The highest BCUT2D eigenvalue weighted by molar-refractivity contribution is 5.89. The second kappa shape index (κ2) is 6.23. The summed E-state index contributed by atoms with van der Waals surface area (Å²) in [5, 5.41) is 5.66. The summed E-state index contributed by atoms with van der Waals surface area (Å²) < 4.78 is 0. The summed E-state index contributed by atoms with van der Waals surface area (Å²) in [6.07, 6.45) is 4.01. The summed E-state index contributed by atoms with van der Waals surface area (Å²) in [4.78, 5) is 36.8. The van der Waals surface area contributed by atoms with Crippen molar-refractivity contribution in [3.63, 3.8) is 0 Å². The van der Waals surface area contributed by atoms with Gasteiger partial charge in [0.25, 0.3) is 0 Å². The van der Waals surface area contributed by atoms with Crippen molar-refractivity contribution in [2.24, 2.45) is 5.92 Å². The molecule has 2 aromatic heterocycles. The maximum Gasteiger partial charge on any atom is 0.320 e. The first-order valence-corrected chi connectivity index (χ1v) is 7.66. The van der Waals surface area contributed by atoms with E-state index >= 15 is 0 Å². The first-order valence-electron chi connectivity index (χ1n) is 7.66. The topological polar surface area (TPSA) is 103 Å². The van der Waals surface area contributed by atoms with Gasteiger partial charge in [-0.2, -0.15) is 0 Å². The van der Waals surface area contributed by atoms with Crippen LogP contribution in [-0.2, 0) is 4.79 Å². The van der Waals surface area contributed by atoms with Gasteiger partial charge in [0, 0.05) is 32.3 Å². The van der Waals surface area contributed by atoms with Crippen LogP contribution in [-0.4, -0.2) is 50.9 Å². The summed E-state index contributed by atoms with van der Waals surface area (Å²) in [6.45, 7) is 4.93. The summed E-state index contributed by atoms with van der Waals surface area (Å²) in [5.74, 6) is 0.690. The van der Waals surface area contributed by atoms with Crippen molar-refractivity contribution in [3.8, 4) is 0 Å². The molecule has 0 aromatic carbocycles. The molecule has 3 N–H and O–H groups in total. The van der Waals surface area contributed by atoms with Gasteiger partial charge < -0.3 is 15.2 Å². The monoisotopic (exact) mass is 316 g/mol. The van der Waals surface area contributed by atoms with Crippen LogP contribution in [0, 0.1) is 5.92 Å². The Morgan fingerprint density at radius 1 is 1.43 bits per heavy atom. The predicted octanol–water partition coefficient (Wildman–Crippen LogP) is 1.34. The third-order valence-corrected chi connectivity index (χ3v) is 4.17. The van der Waals surface area contributed by atoms with Gasteiger partial charge in [-0.25, -0.2) is 14.8 Å². The van der Waals surface area contributed by atoms with E-state index in [-0.39, 0.29) is 23.9 Å². The minimum Gasteiger partial charge on any atom is -0.345 e. The van der Waals surface area contributed by atoms with Crippen LogP contribution in [0.4, 0.5) is 10.6 Å². The van der Waals surface area contributed by atoms with Crippen LogP contribution in [0.2, 0.25) is 0 Å². The Morgan fingerprint density at radius 2 is 2.26 bits per heavy atom. The van der Waals surface area contributed by atoms with E-state index < -0.39 is 0 Å². The van der Waals surface area contributed by atoms with Crippen LogP contribution >= 0.6 is 0 Å². The van der Waals surface area contributed by atoms with E-state index in [1.165, 1.54) is 6.20 Å². The molecule has 3 heterocycles. The molecule has 2 aromatic rings. The molecule has 2 atom stereocenters. The molecule has 0 aliphatic carbocycles. The van der Waals surface area contributed by atoms with E-state index in [4.69, 9.17) is 0 Å². The van der Waals surface area contributed by atoms with E-state index in [1.807, 2.05) is 11.8 Å². The Morgan fingerprint density at radius 3 is 3.00 bits per heavy atom. The standard InChI is InChI=1S/C15H20N6O2/c1-9-8-21(10(2)22)6-4-11(9)19-15(23)20-13-7-17-14-12(18-13)3-5-16-14/h3,5,7,9,11H,4,6,8H2,1-2H3,(H,16,17)(H2,18,19,20,23)/t9-,11+/m1/s1. The number of rotatable bonds is 2. The second-order valence-electron chi connectivity index (χ2n) is 5.90. The Balaban J connectivity index is 1.57. The van der Waals surface area contributed by atoms with Gasteiger partial charge in [-0.05, 0) is 18.4 Å². The molecule has 1 aliphatic rings. The number of nitrogens with one attached hydrogen (secondary N) is 3. The number of fused-ring (bicyclic) bond motifs is 1. The molecular weight excluding hydrogens is 296 g/mol. The Labute approximate surface area is 133 Å². The molecule has 8 nitrogen and oxygen atoms in total. The molecule has 3 amide bonds. The van der Waals surface area contributed by atoms with Gasteiger partial charge in [-0.1, -0.05) is 6.92 Å². The number of likely N-dealkylation sites (tertiary alicyclic amines) is 1. The lowest BCUT2D eigenvalue weighted by atomic mass is 9.94. The third-order valence-electron chi connectivity index (χ3n) is 4.17. The number of carbonyl (C=O) groups is 2.